The number of methoxy groups -OCH3 is 1. The Morgan fingerprint density at radius 2 is 2.08 bits per heavy atom. The highest BCUT2D eigenvalue weighted by molar-refractivity contribution is 5.92. The zero-order valence-electron chi connectivity index (χ0n) is 14.4. The van der Waals surface area contributed by atoms with Gasteiger partial charge < -0.3 is 25.4 Å². The molecule has 0 atom stereocenters. The molecule has 0 amide bonds. The molecular weight excluding hydrogens is 320 g/mol. The van der Waals surface area contributed by atoms with E-state index in [2.05, 4.69) is 20.2 Å². The first-order valence-electron chi connectivity index (χ1n) is 8.43. The van der Waals surface area contributed by atoms with Gasteiger partial charge in [-0.3, -0.25) is 5.41 Å². The molecule has 1 saturated heterocycles. The normalized spacial score (nSPS) is 14.5. The lowest BCUT2D eigenvalue weighted by molar-refractivity contribution is 0.292. The summed E-state index contributed by atoms with van der Waals surface area (Å²) in [6, 6.07) is 3.82. The predicted molar refractivity (Wildman–Crippen MR) is 97.8 cm³/mol. The van der Waals surface area contributed by atoms with E-state index in [1.165, 1.54) is 0 Å². The lowest BCUT2D eigenvalue weighted by atomic mass is 10.2. The minimum Gasteiger partial charge on any atom is -0.493 e. The number of aromatic nitrogens is 2. The number of piperazine rings is 1. The Balaban J connectivity index is 1.86. The number of amidine groups is 1. The summed E-state index contributed by atoms with van der Waals surface area (Å²) < 4.78 is 11.3. The van der Waals surface area contributed by atoms with Crippen molar-refractivity contribution in [3.63, 3.8) is 0 Å². The molecule has 0 radical (unpaired) electrons. The van der Waals surface area contributed by atoms with E-state index in [9.17, 15) is 0 Å². The van der Waals surface area contributed by atoms with Crippen LogP contribution < -0.4 is 25.4 Å². The van der Waals surface area contributed by atoms with Crippen LogP contribution in [-0.4, -0.2) is 55.7 Å². The van der Waals surface area contributed by atoms with Crippen LogP contribution in [0.25, 0.3) is 10.9 Å². The van der Waals surface area contributed by atoms with Crippen molar-refractivity contribution >= 4 is 22.6 Å². The number of nitrogens with one attached hydrogen (secondary N) is 2. The van der Waals surface area contributed by atoms with Crippen LogP contribution in [0.5, 0.6) is 11.5 Å². The lowest BCUT2D eigenvalue weighted by Gasteiger charge is -2.29. The molecule has 3 rings (SSSR count). The van der Waals surface area contributed by atoms with Crippen LogP contribution in [0.4, 0.5) is 5.82 Å². The largest absolute Gasteiger partial charge is 0.493 e. The third-order valence-electron chi connectivity index (χ3n) is 4.16. The minimum absolute atomic E-state index is 0.169. The molecule has 1 fully saturated rings. The molecule has 1 aliphatic rings. The maximum atomic E-state index is 7.26. The SMILES string of the molecule is COc1cc2c(N3CCNCC3)ncnc2cc1OCCCC(=N)N. The van der Waals surface area contributed by atoms with E-state index in [0.717, 1.165) is 42.9 Å². The summed E-state index contributed by atoms with van der Waals surface area (Å²) in [4.78, 5) is 11.1. The molecule has 8 nitrogen and oxygen atoms in total. The highest BCUT2D eigenvalue weighted by atomic mass is 16.5. The summed E-state index contributed by atoms with van der Waals surface area (Å²) in [6.45, 7) is 4.19. The molecule has 1 aromatic carbocycles. The van der Waals surface area contributed by atoms with Gasteiger partial charge >= 0.3 is 0 Å². The number of anilines is 1. The van der Waals surface area contributed by atoms with Crippen LogP contribution in [0.1, 0.15) is 12.8 Å². The quantitative estimate of drug-likeness (QED) is 0.392. The maximum absolute atomic E-state index is 7.26. The van der Waals surface area contributed by atoms with Gasteiger partial charge in [0, 0.05) is 44.1 Å². The van der Waals surface area contributed by atoms with E-state index in [0.29, 0.717) is 30.9 Å². The van der Waals surface area contributed by atoms with Crippen molar-refractivity contribution in [3.05, 3.63) is 18.5 Å². The van der Waals surface area contributed by atoms with Crippen molar-refractivity contribution in [2.24, 2.45) is 5.73 Å². The molecular formula is C17H24N6O2. The van der Waals surface area contributed by atoms with Crippen LogP contribution in [-0.2, 0) is 0 Å². The van der Waals surface area contributed by atoms with Gasteiger partial charge in [-0.15, -0.1) is 0 Å². The molecule has 4 N–H and O–H groups in total. The van der Waals surface area contributed by atoms with Gasteiger partial charge in [0.05, 0.1) is 25.1 Å². The van der Waals surface area contributed by atoms with Gasteiger partial charge in [0.25, 0.3) is 0 Å². The van der Waals surface area contributed by atoms with Crippen molar-refractivity contribution < 1.29 is 9.47 Å². The first-order chi connectivity index (χ1) is 12.2. The molecule has 134 valence electrons. The number of hydrogen-bond acceptors (Lipinski definition) is 7. The summed E-state index contributed by atoms with van der Waals surface area (Å²) >= 11 is 0. The highest BCUT2D eigenvalue weighted by Gasteiger charge is 2.17. The molecule has 8 heteroatoms. The van der Waals surface area contributed by atoms with Crippen LogP contribution in [0.2, 0.25) is 0 Å². The Hall–Kier alpha value is -2.61. The first-order valence-corrected chi connectivity index (χ1v) is 8.43. The summed E-state index contributed by atoms with van der Waals surface area (Å²) in [5, 5.41) is 11.6. The van der Waals surface area contributed by atoms with Crippen molar-refractivity contribution in [3.8, 4) is 11.5 Å². The Morgan fingerprint density at radius 1 is 1.28 bits per heavy atom. The zero-order chi connectivity index (χ0) is 17.6. The topological polar surface area (TPSA) is 109 Å². The molecule has 0 bridgehead atoms. The fourth-order valence-electron chi connectivity index (χ4n) is 2.90. The van der Waals surface area contributed by atoms with Crippen LogP contribution in [0.3, 0.4) is 0 Å². The van der Waals surface area contributed by atoms with E-state index in [4.69, 9.17) is 20.6 Å². The third-order valence-corrected chi connectivity index (χ3v) is 4.16. The van der Waals surface area contributed by atoms with Crippen molar-refractivity contribution in [1.29, 1.82) is 5.41 Å². The number of nitrogens with zero attached hydrogens (tertiary/aromatic N) is 3. The Kier molecular flexibility index (Phi) is 5.49. The van der Waals surface area contributed by atoms with E-state index < -0.39 is 0 Å². The average molecular weight is 344 g/mol. The smallest absolute Gasteiger partial charge is 0.163 e. The van der Waals surface area contributed by atoms with Gasteiger partial charge in [0.1, 0.15) is 12.1 Å². The second-order valence-electron chi connectivity index (χ2n) is 5.93. The van der Waals surface area contributed by atoms with Gasteiger partial charge in [-0.05, 0) is 12.5 Å². The fraction of sp³-hybridized carbons (Fsp3) is 0.471. The second-order valence-corrected chi connectivity index (χ2v) is 5.93. The van der Waals surface area contributed by atoms with E-state index in [1.807, 2.05) is 12.1 Å². The number of benzene rings is 1. The molecule has 0 unspecified atom stereocenters. The third kappa shape index (κ3) is 4.08. The standard InChI is InChI=1S/C17H24N6O2/c1-24-14-9-12-13(10-15(14)25-8-2-3-16(18)19)21-11-22-17(12)23-6-4-20-5-7-23/h9-11,20H,2-8H2,1H3,(H3,18,19). The molecule has 1 aliphatic heterocycles. The van der Waals surface area contributed by atoms with E-state index in [-0.39, 0.29) is 5.84 Å². The molecule has 2 aromatic rings. The Bertz CT molecular complexity index is 745. The van der Waals surface area contributed by atoms with Crippen molar-refractivity contribution in [2.75, 3.05) is 44.8 Å². The van der Waals surface area contributed by atoms with Crippen LogP contribution >= 0.6 is 0 Å². The molecule has 0 aliphatic carbocycles. The number of hydrogen-bond donors (Lipinski definition) is 3. The van der Waals surface area contributed by atoms with Gasteiger partial charge in [-0.2, -0.15) is 0 Å². The first kappa shape index (κ1) is 17.2. The second kappa shape index (κ2) is 7.98. The lowest BCUT2D eigenvalue weighted by Crippen LogP contribution is -2.44. The summed E-state index contributed by atoms with van der Waals surface area (Å²) in [6.07, 6.45) is 2.79. The Morgan fingerprint density at radius 3 is 2.80 bits per heavy atom. The predicted octanol–water partition coefficient (Wildman–Crippen LogP) is 1.14. The van der Waals surface area contributed by atoms with Gasteiger partial charge in [0.15, 0.2) is 11.5 Å². The molecule has 25 heavy (non-hydrogen) atoms. The number of ether oxygens (including phenoxy) is 2. The number of fused-ring (bicyclic) bond motifs is 1. The molecule has 0 spiro atoms. The summed E-state index contributed by atoms with van der Waals surface area (Å²) in [7, 11) is 1.62. The van der Waals surface area contributed by atoms with Crippen LogP contribution in [0, 0.1) is 5.41 Å². The highest BCUT2D eigenvalue weighted by Crippen LogP contribution is 2.35. The van der Waals surface area contributed by atoms with Gasteiger partial charge in [-0.25, -0.2) is 9.97 Å². The van der Waals surface area contributed by atoms with Crippen LogP contribution in [0.15, 0.2) is 18.5 Å². The number of rotatable bonds is 7. The zero-order valence-corrected chi connectivity index (χ0v) is 14.4. The van der Waals surface area contributed by atoms with E-state index in [1.54, 1.807) is 13.4 Å². The average Bonchev–Trinajstić information content (AvgIpc) is 2.64. The summed E-state index contributed by atoms with van der Waals surface area (Å²) in [5.74, 6) is 2.39. The molecule has 2 heterocycles. The minimum atomic E-state index is 0.169. The Labute approximate surface area is 146 Å². The summed E-state index contributed by atoms with van der Waals surface area (Å²) in [5.41, 5.74) is 6.19. The monoisotopic (exact) mass is 344 g/mol. The van der Waals surface area contributed by atoms with Crippen molar-refractivity contribution in [1.82, 2.24) is 15.3 Å². The molecule has 0 saturated carbocycles. The van der Waals surface area contributed by atoms with E-state index >= 15 is 0 Å². The van der Waals surface area contributed by atoms with Crippen molar-refractivity contribution in [2.45, 2.75) is 12.8 Å². The number of nitrogens with two attached hydrogens (primary N) is 1. The fourth-order valence-corrected chi connectivity index (χ4v) is 2.90. The maximum Gasteiger partial charge on any atom is 0.163 e. The van der Waals surface area contributed by atoms with Gasteiger partial charge in [-0.1, -0.05) is 0 Å². The van der Waals surface area contributed by atoms with Gasteiger partial charge in [0.2, 0.25) is 0 Å². The molecule has 1 aromatic heterocycles.